The molecule has 3 rings (SSSR count). The van der Waals surface area contributed by atoms with Crippen molar-refractivity contribution in [3.8, 4) is 11.1 Å². The first kappa shape index (κ1) is 17.8. The standard InChI is InChI=1S/C19H13F5N2/c20-17(21)12-13-2-4-14(5-3-13)15-6-8-16(9-7-15)18(22)19(23,24)26-11-1-10-25-26/h1-12,18H. The summed E-state index contributed by atoms with van der Waals surface area (Å²) in [5.74, 6) is 0. The minimum atomic E-state index is -3.81. The fourth-order valence-electron chi connectivity index (χ4n) is 2.50. The molecule has 1 aromatic heterocycles. The van der Waals surface area contributed by atoms with E-state index in [2.05, 4.69) is 5.10 Å². The van der Waals surface area contributed by atoms with Crippen molar-refractivity contribution in [2.24, 2.45) is 0 Å². The Hall–Kier alpha value is -2.96. The molecule has 2 nitrogen and oxygen atoms in total. The first-order valence-electron chi connectivity index (χ1n) is 7.63. The van der Waals surface area contributed by atoms with Crippen LogP contribution in [0.4, 0.5) is 22.0 Å². The van der Waals surface area contributed by atoms with Crippen molar-refractivity contribution in [1.82, 2.24) is 9.78 Å². The molecule has 0 aliphatic carbocycles. The number of hydrogen-bond donors (Lipinski definition) is 0. The summed E-state index contributed by atoms with van der Waals surface area (Å²) in [6.07, 6.45) is -1.47. The average Bonchev–Trinajstić information content (AvgIpc) is 3.17. The maximum Gasteiger partial charge on any atom is 0.378 e. The molecule has 0 amide bonds. The van der Waals surface area contributed by atoms with E-state index in [1.165, 1.54) is 42.5 Å². The largest absolute Gasteiger partial charge is 0.378 e. The lowest BCUT2D eigenvalue weighted by Crippen LogP contribution is -2.29. The average molecular weight is 364 g/mol. The molecule has 1 unspecified atom stereocenters. The number of alkyl halides is 3. The maximum atomic E-state index is 14.3. The van der Waals surface area contributed by atoms with Gasteiger partial charge in [-0.05, 0) is 28.3 Å². The summed E-state index contributed by atoms with van der Waals surface area (Å²) >= 11 is 0. The van der Waals surface area contributed by atoms with Crippen LogP contribution in [0.2, 0.25) is 0 Å². The number of halogens is 5. The van der Waals surface area contributed by atoms with Crippen molar-refractivity contribution in [2.75, 3.05) is 0 Å². The third-order valence-electron chi connectivity index (χ3n) is 3.84. The number of hydrogen-bond acceptors (Lipinski definition) is 1. The van der Waals surface area contributed by atoms with Crippen LogP contribution in [0.15, 0.2) is 73.1 Å². The van der Waals surface area contributed by atoms with E-state index in [-0.39, 0.29) is 10.2 Å². The van der Waals surface area contributed by atoms with Crippen LogP contribution in [-0.2, 0) is 6.05 Å². The van der Waals surface area contributed by atoms with E-state index >= 15 is 0 Å². The Bertz CT molecular complexity index is 881. The molecule has 0 spiro atoms. The predicted molar refractivity (Wildman–Crippen MR) is 88.3 cm³/mol. The monoisotopic (exact) mass is 364 g/mol. The van der Waals surface area contributed by atoms with Gasteiger partial charge in [0.15, 0.2) is 0 Å². The quantitative estimate of drug-likeness (QED) is 0.504. The van der Waals surface area contributed by atoms with E-state index in [1.807, 2.05) is 0 Å². The second-order valence-corrected chi connectivity index (χ2v) is 5.58. The molecule has 2 aromatic carbocycles. The van der Waals surface area contributed by atoms with Crippen molar-refractivity contribution < 1.29 is 22.0 Å². The Labute approximate surface area is 146 Å². The van der Waals surface area contributed by atoms with Crippen LogP contribution < -0.4 is 0 Å². The molecule has 3 aromatic rings. The van der Waals surface area contributed by atoms with Crippen LogP contribution in [0.3, 0.4) is 0 Å². The van der Waals surface area contributed by atoms with Crippen LogP contribution >= 0.6 is 0 Å². The summed E-state index contributed by atoms with van der Waals surface area (Å²) < 4.78 is 67.2. The smallest absolute Gasteiger partial charge is 0.233 e. The van der Waals surface area contributed by atoms with Crippen molar-refractivity contribution >= 4 is 6.08 Å². The molecule has 0 fully saturated rings. The number of rotatable bonds is 5. The van der Waals surface area contributed by atoms with Crippen molar-refractivity contribution in [3.05, 3.63) is 84.2 Å². The zero-order chi connectivity index (χ0) is 18.7. The van der Waals surface area contributed by atoms with Crippen LogP contribution in [0.1, 0.15) is 17.3 Å². The van der Waals surface area contributed by atoms with E-state index in [4.69, 9.17) is 0 Å². The third-order valence-corrected chi connectivity index (χ3v) is 3.84. The predicted octanol–water partition coefficient (Wildman–Crippen LogP) is 6.05. The molecule has 0 saturated heterocycles. The fourth-order valence-corrected chi connectivity index (χ4v) is 2.50. The number of nitrogens with zero attached hydrogens (tertiary/aromatic N) is 2. The maximum absolute atomic E-state index is 14.3. The van der Waals surface area contributed by atoms with Gasteiger partial charge in [-0.2, -0.15) is 22.7 Å². The van der Waals surface area contributed by atoms with E-state index in [0.717, 1.165) is 18.5 Å². The van der Waals surface area contributed by atoms with Crippen molar-refractivity contribution in [3.63, 3.8) is 0 Å². The minimum Gasteiger partial charge on any atom is -0.233 e. The SMILES string of the molecule is FC(F)=Cc1ccc(-c2ccc(C(F)C(F)(F)n3cccn3)cc2)cc1. The first-order valence-corrected chi connectivity index (χ1v) is 7.63. The van der Waals surface area contributed by atoms with Gasteiger partial charge in [0.2, 0.25) is 6.17 Å². The Morgan fingerprint density at radius 3 is 2.04 bits per heavy atom. The summed E-state index contributed by atoms with van der Waals surface area (Å²) in [6, 6.07) is 9.28. The second-order valence-electron chi connectivity index (χ2n) is 5.58. The van der Waals surface area contributed by atoms with E-state index < -0.39 is 18.3 Å². The van der Waals surface area contributed by atoms with Crippen molar-refractivity contribution in [2.45, 2.75) is 12.2 Å². The molecule has 1 atom stereocenters. The van der Waals surface area contributed by atoms with Gasteiger partial charge in [-0.3, -0.25) is 0 Å². The van der Waals surface area contributed by atoms with Gasteiger partial charge in [-0.15, -0.1) is 0 Å². The van der Waals surface area contributed by atoms with Gasteiger partial charge in [-0.25, -0.2) is 9.07 Å². The molecule has 134 valence electrons. The van der Waals surface area contributed by atoms with Crippen LogP contribution in [0.5, 0.6) is 0 Å². The summed E-state index contributed by atoms with van der Waals surface area (Å²) in [4.78, 5) is 0. The number of aromatic nitrogens is 2. The zero-order valence-corrected chi connectivity index (χ0v) is 13.3. The summed E-state index contributed by atoms with van der Waals surface area (Å²) in [7, 11) is 0. The van der Waals surface area contributed by atoms with Gasteiger partial charge < -0.3 is 0 Å². The van der Waals surface area contributed by atoms with E-state index in [9.17, 15) is 22.0 Å². The summed E-state index contributed by atoms with van der Waals surface area (Å²) in [5.41, 5.74) is 1.50. The molecule has 0 aliphatic heterocycles. The molecule has 0 aliphatic rings. The highest BCUT2D eigenvalue weighted by Gasteiger charge is 2.43. The lowest BCUT2D eigenvalue weighted by Gasteiger charge is -2.21. The Kier molecular flexibility index (Phi) is 4.88. The molecule has 0 bridgehead atoms. The van der Waals surface area contributed by atoms with Crippen molar-refractivity contribution in [1.29, 1.82) is 0 Å². The van der Waals surface area contributed by atoms with Gasteiger partial charge in [0, 0.05) is 18.5 Å². The molecule has 0 N–H and O–H groups in total. The van der Waals surface area contributed by atoms with Gasteiger partial charge in [0.05, 0.1) is 0 Å². The second kappa shape index (κ2) is 7.11. The third kappa shape index (κ3) is 3.66. The van der Waals surface area contributed by atoms with Gasteiger partial charge in [0.25, 0.3) is 6.08 Å². The number of benzene rings is 2. The lowest BCUT2D eigenvalue weighted by atomic mass is 10.0. The van der Waals surface area contributed by atoms with Crippen LogP contribution in [0.25, 0.3) is 17.2 Å². The Balaban J connectivity index is 1.81. The highest BCUT2D eigenvalue weighted by Crippen LogP contribution is 2.39. The van der Waals surface area contributed by atoms with Crippen LogP contribution in [0, 0.1) is 0 Å². The zero-order valence-electron chi connectivity index (χ0n) is 13.3. The summed E-state index contributed by atoms with van der Waals surface area (Å²) in [5, 5.41) is 3.40. The summed E-state index contributed by atoms with van der Waals surface area (Å²) in [6.45, 7) is 0. The molecule has 0 radical (unpaired) electrons. The normalized spacial score (nSPS) is 12.7. The van der Waals surface area contributed by atoms with Crippen LogP contribution in [-0.4, -0.2) is 9.78 Å². The highest BCUT2D eigenvalue weighted by atomic mass is 19.3. The lowest BCUT2D eigenvalue weighted by molar-refractivity contribution is -0.154. The van der Waals surface area contributed by atoms with Gasteiger partial charge in [0.1, 0.15) is 0 Å². The molecule has 26 heavy (non-hydrogen) atoms. The molecule has 7 heteroatoms. The highest BCUT2D eigenvalue weighted by molar-refractivity contribution is 5.66. The Morgan fingerprint density at radius 1 is 0.962 bits per heavy atom. The molecular weight excluding hydrogens is 351 g/mol. The topological polar surface area (TPSA) is 17.8 Å². The first-order chi connectivity index (χ1) is 12.4. The van der Waals surface area contributed by atoms with E-state index in [1.54, 1.807) is 12.1 Å². The molecule has 1 heterocycles. The fraction of sp³-hybridized carbons (Fsp3) is 0.105. The molecular formula is C19H13F5N2. The minimum absolute atomic E-state index is 0.187. The Morgan fingerprint density at radius 2 is 1.54 bits per heavy atom. The van der Waals surface area contributed by atoms with Gasteiger partial charge in [-0.1, -0.05) is 48.5 Å². The molecule has 0 saturated carbocycles. The van der Waals surface area contributed by atoms with E-state index in [0.29, 0.717) is 16.7 Å². The van der Waals surface area contributed by atoms with Gasteiger partial charge >= 0.3 is 6.05 Å².